The lowest BCUT2D eigenvalue weighted by molar-refractivity contribution is -0.170. The van der Waals surface area contributed by atoms with E-state index in [-0.39, 0.29) is 5.82 Å². The highest BCUT2D eigenvalue weighted by atomic mass is 16.6. The molecule has 4 atom stereocenters. The molecule has 1 saturated heterocycles. The van der Waals surface area contributed by atoms with Crippen molar-refractivity contribution in [3.63, 3.8) is 0 Å². The first kappa shape index (κ1) is 18.9. The Morgan fingerprint density at radius 1 is 1.30 bits per heavy atom. The largest absolute Gasteiger partial charge is 0.394 e. The van der Waals surface area contributed by atoms with Crippen molar-refractivity contribution < 1.29 is 24.9 Å². The fourth-order valence-electron chi connectivity index (χ4n) is 3.00. The molecule has 1 aliphatic heterocycles. The third-order valence-corrected chi connectivity index (χ3v) is 4.38. The van der Waals surface area contributed by atoms with E-state index in [9.17, 15) is 24.9 Å². The van der Waals surface area contributed by atoms with Gasteiger partial charge < -0.3 is 25.8 Å². The summed E-state index contributed by atoms with van der Waals surface area (Å²) in [5.74, 6) is -0.882. The predicted molar refractivity (Wildman–Crippen MR) is 95.3 cm³/mol. The fourth-order valence-corrected chi connectivity index (χ4v) is 3.00. The minimum Gasteiger partial charge on any atom is -0.394 e. The summed E-state index contributed by atoms with van der Waals surface area (Å²) in [5.41, 5.74) is 2.96. The van der Waals surface area contributed by atoms with Gasteiger partial charge in [0.25, 0.3) is 0 Å². The Morgan fingerprint density at radius 3 is 2.59 bits per heavy atom. The number of aliphatic hydroxyl groups excluding tert-OH is 3. The zero-order valence-corrected chi connectivity index (χ0v) is 14.2. The third-order valence-electron chi connectivity index (χ3n) is 4.38. The van der Waals surface area contributed by atoms with Crippen LogP contribution in [0.25, 0.3) is 6.08 Å². The van der Waals surface area contributed by atoms with Gasteiger partial charge in [0.05, 0.1) is 6.61 Å². The van der Waals surface area contributed by atoms with E-state index >= 15 is 0 Å². The Kier molecular flexibility index (Phi) is 5.19. The number of aromatic nitrogens is 2. The third kappa shape index (κ3) is 3.28. The molecule has 142 valence electrons. The van der Waals surface area contributed by atoms with Crippen molar-refractivity contribution in [2.45, 2.75) is 24.0 Å². The molecule has 2 heterocycles. The first-order chi connectivity index (χ1) is 12.9. The zero-order chi connectivity index (χ0) is 19.6. The lowest BCUT2D eigenvalue weighted by Gasteiger charge is -2.31. The van der Waals surface area contributed by atoms with Crippen LogP contribution in [0.4, 0.5) is 5.82 Å². The molecule has 0 amide bonds. The van der Waals surface area contributed by atoms with E-state index in [1.165, 1.54) is 12.1 Å². The molecule has 1 fully saturated rings. The Balaban J connectivity index is 2.09. The van der Waals surface area contributed by atoms with E-state index in [4.69, 9.17) is 10.5 Å². The Hall–Kier alpha value is -2.85. The van der Waals surface area contributed by atoms with Crippen LogP contribution < -0.4 is 11.4 Å². The SMILES string of the molecule is Nc1ccn([C@]2(C(=O)C=Cc3ccccc3)O[C@H](CO)[C@@H](O)[C@H]2O)c(=O)n1. The van der Waals surface area contributed by atoms with Gasteiger partial charge in [0, 0.05) is 6.20 Å². The molecule has 3 rings (SSSR count). The summed E-state index contributed by atoms with van der Waals surface area (Å²) < 4.78 is 6.28. The van der Waals surface area contributed by atoms with E-state index in [1.807, 2.05) is 6.07 Å². The molecule has 0 saturated carbocycles. The Morgan fingerprint density at radius 2 is 2.00 bits per heavy atom. The minimum absolute atomic E-state index is 0.0783. The summed E-state index contributed by atoms with van der Waals surface area (Å²) in [5, 5.41) is 30.1. The van der Waals surface area contributed by atoms with Crippen LogP contribution in [-0.2, 0) is 15.3 Å². The number of hydrogen-bond donors (Lipinski definition) is 4. The summed E-state index contributed by atoms with van der Waals surface area (Å²) >= 11 is 0. The van der Waals surface area contributed by atoms with Crippen molar-refractivity contribution in [3.05, 3.63) is 64.7 Å². The van der Waals surface area contributed by atoms with E-state index in [1.54, 1.807) is 24.3 Å². The van der Waals surface area contributed by atoms with Gasteiger partial charge in [0.2, 0.25) is 11.5 Å². The predicted octanol–water partition coefficient (Wildman–Crippen LogP) is -1.13. The number of nitrogens with zero attached hydrogens (tertiary/aromatic N) is 2. The van der Waals surface area contributed by atoms with Crippen molar-refractivity contribution in [2.24, 2.45) is 0 Å². The first-order valence-electron chi connectivity index (χ1n) is 8.18. The molecule has 0 aliphatic carbocycles. The number of carbonyl (C=O) groups excluding carboxylic acids is 1. The zero-order valence-electron chi connectivity index (χ0n) is 14.2. The van der Waals surface area contributed by atoms with Crippen LogP contribution in [0.5, 0.6) is 0 Å². The second kappa shape index (κ2) is 7.41. The molecule has 1 aromatic carbocycles. The number of benzene rings is 1. The van der Waals surface area contributed by atoms with E-state index < -0.39 is 42.1 Å². The van der Waals surface area contributed by atoms with Crippen LogP contribution in [0.3, 0.4) is 0 Å². The highest BCUT2D eigenvalue weighted by Gasteiger charge is 2.59. The van der Waals surface area contributed by atoms with Gasteiger partial charge in [-0.15, -0.1) is 0 Å². The van der Waals surface area contributed by atoms with Gasteiger partial charge in [-0.25, -0.2) is 4.79 Å². The molecule has 0 spiro atoms. The number of ether oxygens (including phenoxy) is 1. The molecule has 1 aromatic heterocycles. The van der Waals surface area contributed by atoms with Crippen molar-refractivity contribution >= 4 is 17.7 Å². The van der Waals surface area contributed by atoms with Gasteiger partial charge in [0.1, 0.15) is 24.1 Å². The first-order valence-corrected chi connectivity index (χ1v) is 8.18. The molecule has 5 N–H and O–H groups in total. The van der Waals surface area contributed by atoms with Gasteiger partial charge in [-0.3, -0.25) is 9.36 Å². The highest BCUT2D eigenvalue weighted by molar-refractivity contribution is 5.99. The van der Waals surface area contributed by atoms with Gasteiger partial charge in [-0.1, -0.05) is 36.4 Å². The second-order valence-electron chi connectivity index (χ2n) is 6.08. The number of carbonyl (C=O) groups is 1. The number of nitrogens with two attached hydrogens (primary N) is 1. The molecule has 0 bridgehead atoms. The quantitative estimate of drug-likeness (QED) is 0.482. The average Bonchev–Trinajstić information content (AvgIpc) is 2.92. The topological polar surface area (TPSA) is 148 Å². The summed E-state index contributed by atoms with van der Waals surface area (Å²) in [6, 6.07) is 10.1. The molecule has 9 nitrogen and oxygen atoms in total. The summed E-state index contributed by atoms with van der Waals surface area (Å²) in [6.45, 7) is -0.660. The van der Waals surface area contributed by atoms with Crippen molar-refractivity contribution in [1.82, 2.24) is 9.55 Å². The maximum Gasteiger partial charge on any atom is 0.352 e. The molecule has 0 radical (unpaired) electrons. The standard InChI is InChI=1S/C18H19N3O6/c19-14-8-9-21(17(26)20-14)18(16(25)15(24)12(10-22)27-18)13(23)7-6-11-4-2-1-3-5-11/h1-9,12,15-16,22,24-25H,10H2,(H2,19,20,26)/t12-,15-,16-,18-/m1/s1. The van der Waals surface area contributed by atoms with E-state index in [0.717, 1.165) is 16.8 Å². The van der Waals surface area contributed by atoms with E-state index in [0.29, 0.717) is 5.56 Å². The Labute approximate surface area is 154 Å². The highest BCUT2D eigenvalue weighted by Crippen LogP contribution is 2.36. The summed E-state index contributed by atoms with van der Waals surface area (Å²) in [6.07, 6.45) is -0.908. The summed E-state index contributed by atoms with van der Waals surface area (Å²) in [7, 11) is 0. The van der Waals surface area contributed by atoms with Gasteiger partial charge in [-0.05, 0) is 17.7 Å². The van der Waals surface area contributed by atoms with Crippen LogP contribution in [0.15, 0.2) is 53.5 Å². The van der Waals surface area contributed by atoms with Crippen LogP contribution in [0.2, 0.25) is 0 Å². The molecule has 9 heteroatoms. The monoisotopic (exact) mass is 373 g/mol. The maximum atomic E-state index is 13.0. The fraction of sp³-hybridized carbons (Fsp3) is 0.278. The molecular weight excluding hydrogens is 354 g/mol. The lowest BCUT2D eigenvalue weighted by atomic mass is 9.97. The van der Waals surface area contributed by atoms with Crippen LogP contribution >= 0.6 is 0 Å². The van der Waals surface area contributed by atoms with Crippen molar-refractivity contribution in [2.75, 3.05) is 12.3 Å². The van der Waals surface area contributed by atoms with Crippen LogP contribution in [0.1, 0.15) is 5.56 Å². The average molecular weight is 373 g/mol. The number of rotatable bonds is 5. The van der Waals surface area contributed by atoms with Crippen molar-refractivity contribution in [3.8, 4) is 0 Å². The maximum absolute atomic E-state index is 13.0. The Bertz CT molecular complexity index is 913. The number of ketones is 1. The number of nitrogen functional groups attached to an aromatic ring is 1. The number of anilines is 1. The normalized spacial score (nSPS) is 27.9. The van der Waals surface area contributed by atoms with Gasteiger partial charge >= 0.3 is 5.69 Å². The molecular formula is C18H19N3O6. The molecule has 0 unspecified atom stereocenters. The van der Waals surface area contributed by atoms with Crippen LogP contribution in [-0.4, -0.2) is 55.6 Å². The molecule has 27 heavy (non-hydrogen) atoms. The molecule has 1 aliphatic rings. The molecule has 2 aromatic rings. The van der Waals surface area contributed by atoms with E-state index in [2.05, 4.69) is 4.98 Å². The van der Waals surface area contributed by atoms with Crippen LogP contribution in [0, 0.1) is 0 Å². The van der Waals surface area contributed by atoms with Gasteiger partial charge in [-0.2, -0.15) is 4.98 Å². The number of aliphatic hydroxyl groups is 3. The van der Waals surface area contributed by atoms with Gasteiger partial charge in [0.15, 0.2) is 0 Å². The minimum atomic E-state index is -2.28. The number of hydrogen-bond acceptors (Lipinski definition) is 8. The van der Waals surface area contributed by atoms with Crippen molar-refractivity contribution in [1.29, 1.82) is 0 Å². The smallest absolute Gasteiger partial charge is 0.352 e. The lowest BCUT2D eigenvalue weighted by Crippen LogP contribution is -2.55. The summed E-state index contributed by atoms with van der Waals surface area (Å²) in [4.78, 5) is 28.9. The second-order valence-corrected chi connectivity index (χ2v) is 6.08.